The fourth-order valence-electron chi connectivity index (χ4n) is 0.0962. The molecule has 1 heterocycles. The Balaban J connectivity index is 0.000000144. The Morgan fingerprint density at radius 1 is 1.78 bits per heavy atom. The van der Waals surface area contributed by atoms with Gasteiger partial charge in [0.05, 0.1) is 19.8 Å². The zero-order valence-corrected chi connectivity index (χ0v) is 6.01. The predicted octanol–water partition coefficient (Wildman–Crippen LogP) is 0.584. The average Bonchev–Trinajstić information content (AvgIpc) is 2.53. The lowest BCUT2D eigenvalue weighted by molar-refractivity contribution is -0.137. The SMILES string of the molecule is CC1CO1.COC(C)=O. The van der Waals surface area contributed by atoms with E-state index in [1.54, 1.807) is 0 Å². The molecule has 0 aromatic rings. The normalized spacial score (nSPS) is 21.4. The van der Waals surface area contributed by atoms with E-state index >= 15 is 0 Å². The van der Waals surface area contributed by atoms with Crippen molar-refractivity contribution < 1.29 is 14.3 Å². The molecular weight excluding hydrogens is 120 g/mol. The minimum atomic E-state index is -0.245. The van der Waals surface area contributed by atoms with Gasteiger partial charge >= 0.3 is 5.97 Å². The lowest BCUT2D eigenvalue weighted by atomic mass is 10.6. The highest BCUT2D eigenvalue weighted by Crippen LogP contribution is 2.04. The fraction of sp³-hybridized carbons (Fsp3) is 0.833. The Morgan fingerprint density at radius 3 is 2.00 bits per heavy atom. The largest absolute Gasteiger partial charge is 0.469 e. The van der Waals surface area contributed by atoms with Crippen molar-refractivity contribution in [2.24, 2.45) is 0 Å². The van der Waals surface area contributed by atoms with Gasteiger partial charge in [-0.3, -0.25) is 4.79 Å². The van der Waals surface area contributed by atoms with E-state index in [-0.39, 0.29) is 5.97 Å². The summed E-state index contributed by atoms with van der Waals surface area (Å²) >= 11 is 0. The van der Waals surface area contributed by atoms with Crippen LogP contribution < -0.4 is 0 Å². The van der Waals surface area contributed by atoms with E-state index in [1.807, 2.05) is 0 Å². The van der Waals surface area contributed by atoms with Gasteiger partial charge in [-0.2, -0.15) is 0 Å². The molecule has 0 spiro atoms. The summed E-state index contributed by atoms with van der Waals surface area (Å²) in [6.45, 7) is 4.40. The van der Waals surface area contributed by atoms with Crippen LogP contribution in [-0.2, 0) is 14.3 Å². The molecule has 1 unspecified atom stereocenters. The van der Waals surface area contributed by atoms with Gasteiger partial charge in [-0.15, -0.1) is 0 Å². The van der Waals surface area contributed by atoms with Gasteiger partial charge in [0, 0.05) is 6.92 Å². The molecule has 0 amide bonds. The molecule has 0 aromatic heterocycles. The summed E-state index contributed by atoms with van der Waals surface area (Å²) in [6.07, 6.45) is 0.583. The van der Waals surface area contributed by atoms with Crippen LogP contribution in [0.5, 0.6) is 0 Å². The molecule has 0 radical (unpaired) electrons. The van der Waals surface area contributed by atoms with Crippen molar-refractivity contribution in [1.29, 1.82) is 0 Å². The van der Waals surface area contributed by atoms with Gasteiger partial charge in [-0.1, -0.05) is 0 Å². The Hall–Kier alpha value is -0.570. The van der Waals surface area contributed by atoms with Gasteiger partial charge in [-0.25, -0.2) is 0 Å². The van der Waals surface area contributed by atoms with Crippen LogP contribution in [0.4, 0.5) is 0 Å². The summed E-state index contributed by atoms with van der Waals surface area (Å²) in [4.78, 5) is 9.59. The van der Waals surface area contributed by atoms with Crippen LogP contribution in [-0.4, -0.2) is 25.8 Å². The van der Waals surface area contributed by atoms with E-state index in [1.165, 1.54) is 14.0 Å². The van der Waals surface area contributed by atoms with Crippen LogP contribution in [0.2, 0.25) is 0 Å². The molecule has 3 nitrogen and oxygen atoms in total. The van der Waals surface area contributed by atoms with Crippen molar-refractivity contribution >= 4 is 5.97 Å². The van der Waals surface area contributed by atoms with E-state index in [2.05, 4.69) is 11.7 Å². The fourth-order valence-corrected chi connectivity index (χ4v) is 0.0962. The molecule has 1 fully saturated rings. The maximum atomic E-state index is 9.59. The lowest BCUT2D eigenvalue weighted by Gasteiger charge is -1.80. The highest BCUT2D eigenvalue weighted by Gasteiger charge is 2.13. The van der Waals surface area contributed by atoms with Gasteiger partial charge in [0.1, 0.15) is 0 Å². The van der Waals surface area contributed by atoms with Crippen molar-refractivity contribution in [3.05, 3.63) is 0 Å². The van der Waals surface area contributed by atoms with Crippen molar-refractivity contribution in [2.45, 2.75) is 20.0 Å². The van der Waals surface area contributed by atoms with Crippen LogP contribution in [0, 0.1) is 0 Å². The maximum Gasteiger partial charge on any atom is 0.302 e. The summed E-state index contributed by atoms with van der Waals surface area (Å²) < 4.78 is 8.82. The first kappa shape index (κ1) is 8.43. The van der Waals surface area contributed by atoms with Crippen LogP contribution in [0.15, 0.2) is 0 Å². The topological polar surface area (TPSA) is 38.8 Å². The zero-order chi connectivity index (χ0) is 7.28. The van der Waals surface area contributed by atoms with Gasteiger partial charge in [0.2, 0.25) is 0 Å². The van der Waals surface area contributed by atoms with E-state index in [0.29, 0.717) is 6.10 Å². The molecule has 9 heavy (non-hydrogen) atoms. The average molecular weight is 132 g/mol. The number of hydrogen-bond acceptors (Lipinski definition) is 3. The van der Waals surface area contributed by atoms with E-state index in [4.69, 9.17) is 4.74 Å². The number of hydrogen-bond donors (Lipinski definition) is 0. The Labute approximate surface area is 55.0 Å². The first-order chi connectivity index (χ1) is 4.16. The van der Waals surface area contributed by atoms with Crippen LogP contribution >= 0.6 is 0 Å². The zero-order valence-electron chi connectivity index (χ0n) is 6.01. The second-order valence-electron chi connectivity index (χ2n) is 1.84. The Morgan fingerprint density at radius 2 is 2.00 bits per heavy atom. The maximum absolute atomic E-state index is 9.59. The number of carbonyl (C=O) groups is 1. The van der Waals surface area contributed by atoms with Gasteiger partial charge in [0.25, 0.3) is 0 Å². The molecule has 1 aliphatic heterocycles. The van der Waals surface area contributed by atoms with Crippen LogP contribution in [0.1, 0.15) is 13.8 Å². The molecule has 1 atom stereocenters. The Kier molecular flexibility index (Phi) is 4.05. The molecule has 1 rings (SSSR count). The monoisotopic (exact) mass is 132 g/mol. The van der Waals surface area contributed by atoms with Gasteiger partial charge in [0.15, 0.2) is 0 Å². The van der Waals surface area contributed by atoms with Crippen molar-refractivity contribution in [2.75, 3.05) is 13.7 Å². The second-order valence-corrected chi connectivity index (χ2v) is 1.84. The van der Waals surface area contributed by atoms with E-state index < -0.39 is 0 Å². The quantitative estimate of drug-likeness (QED) is 0.357. The standard InChI is InChI=1S/C3H6O2.C3H6O/c1-3(4)5-2;1-3-2-4-3/h1-2H3;3H,2H2,1H3. The molecule has 0 N–H and O–H groups in total. The lowest BCUT2D eigenvalue weighted by Crippen LogP contribution is -1.88. The third-order valence-corrected chi connectivity index (χ3v) is 0.787. The molecule has 0 aliphatic carbocycles. The summed E-state index contributed by atoms with van der Waals surface area (Å²) in [5, 5.41) is 0. The van der Waals surface area contributed by atoms with Crippen LogP contribution in [0.25, 0.3) is 0 Å². The number of esters is 1. The van der Waals surface area contributed by atoms with Crippen molar-refractivity contribution in [3.63, 3.8) is 0 Å². The highest BCUT2D eigenvalue weighted by atomic mass is 16.6. The van der Waals surface area contributed by atoms with Crippen molar-refractivity contribution in [1.82, 2.24) is 0 Å². The molecule has 0 bridgehead atoms. The summed E-state index contributed by atoms with van der Waals surface area (Å²) in [5.74, 6) is -0.245. The van der Waals surface area contributed by atoms with E-state index in [9.17, 15) is 4.79 Å². The first-order valence-electron chi connectivity index (χ1n) is 2.83. The molecule has 0 aromatic carbocycles. The second kappa shape index (κ2) is 4.32. The van der Waals surface area contributed by atoms with Gasteiger partial charge in [-0.05, 0) is 6.92 Å². The third kappa shape index (κ3) is 11.2. The molecule has 0 saturated carbocycles. The summed E-state index contributed by atoms with van der Waals surface area (Å²) in [7, 11) is 1.35. The minimum Gasteiger partial charge on any atom is -0.469 e. The number of carbonyl (C=O) groups excluding carboxylic acids is 1. The number of ether oxygens (including phenoxy) is 2. The Bertz CT molecular complexity index is 86.3. The summed E-state index contributed by atoms with van der Waals surface area (Å²) in [6, 6.07) is 0. The van der Waals surface area contributed by atoms with Crippen molar-refractivity contribution in [3.8, 4) is 0 Å². The third-order valence-electron chi connectivity index (χ3n) is 0.787. The van der Waals surface area contributed by atoms with E-state index in [0.717, 1.165) is 6.61 Å². The molecule has 1 saturated heterocycles. The molecular formula is C6H12O3. The number of methoxy groups -OCH3 is 1. The summed E-state index contributed by atoms with van der Waals surface area (Å²) in [5.41, 5.74) is 0. The first-order valence-corrected chi connectivity index (χ1v) is 2.83. The number of rotatable bonds is 0. The number of epoxide rings is 1. The molecule has 54 valence electrons. The predicted molar refractivity (Wildman–Crippen MR) is 33.1 cm³/mol. The highest BCUT2D eigenvalue weighted by molar-refractivity contribution is 5.65. The molecule has 3 heteroatoms. The molecule has 1 aliphatic rings. The smallest absolute Gasteiger partial charge is 0.302 e. The van der Waals surface area contributed by atoms with Crippen LogP contribution in [0.3, 0.4) is 0 Å². The van der Waals surface area contributed by atoms with Gasteiger partial charge < -0.3 is 9.47 Å². The minimum absolute atomic E-state index is 0.245.